The lowest BCUT2D eigenvalue weighted by Crippen LogP contribution is -2.35. The minimum absolute atomic E-state index is 0.0767. The van der Waals surface area contributed by atoms with Crippen molar-refractivity contribution in [3.8, 4) is 0 Å². The minimum atomic E-state index is -0.437. The highest BCUT2D eigenvalue weighted by Crippen LogP contribution is 2.42. The van der Waals surface area contributed by atoms with E-state index in [-0.39, 0.29) is 11.7 Å². The highest BCUT2D eigenvalue weighted by molar-refractivity contribution is 6.09. The van der Waals surface area contributed by atoms with Crippen LogP contribution in [0.4, 0.5) is 10.1 Å². The Hall–Kier alpha value is -3.21. The number of nitrogens with one attached hydrogen (secondary N) is 2. The topological polar surface area (TPSA) is 58.2 Å². The van der Waals surface area contributed by atoms with Gasteiger partial charge in [0.25, 0.3) is 5.91 Å². The molecule has 0 saturated heterocycles. The first-order valence-corrected chi connectivity index (χ1v) is 9.81. The Morgan fingerprint density at radius 3 is 2.59 bits per heavy atom. The zero-order valence-electron chi connectivity index (χ0n) is 16.5. The van der Waals surface area contributed by atoms with Crippen molar-refractivity contribution in [2.75, 3.05) is 5.32 Å². The fourth-order valence-electron chi connectivity index (χ4n) is 4.14. The molecule has 0 bridgehead atoms. The van der Waals surface area contributed by atoms with Crippen LogP contribution in [0.25, 0.3) is 0 Å². The summed E-state index contributed by atoms with van der Waals surface area (Å²) in [5.41, 5.74) is 5.20. The third-order valence-electron chi connectivity index (χ3n) is 5.51. The number of hydrogen-bond acceptors (Lipinski definition) is 3. The van der Waals surface area contributed by atoms with E-state index in [0.717, 1.165) is 35.4 Å². The molecule has 1 heterocycles. The monoisotopic (exact) mass is 390 g/mol. The van der Waals surface area contributed by atoms with Crippen LogP contribution in [-0.4, -0.2) is 11.7 Å². The van der Waals surface area contributed by atoms with Crippen molar-refractivity contribution in [1.82, 2.24) is 5.32 Å². The molecule has 4 rings (SSSR count). The standard InChI is InChI=1S/C24H23FN2O2/c1-14-9-11-16(12-10-14)22-21(24(29)27-18-6-3-5-17(25)13-18)15(2)26-19-7-4-8-20(28)23(19)22/h3,5-6,9-13,22,26H,4,7-8H2,1-2H3,(H,27,29)/t22-/m1/s1. The lowest BCUT2D eigenvalue weighted by molar-refractivity contribution is -0.116. The van der Waals surface area contributed by atoms with Crippen LogP contribution in [0.1, 0.15) is 43.2 Å². The van der Waals surface area contributed by atoms with Gasteiger partial charge in [-0.15, -0.1) is 0 Å². The Balaban J connectivity index is 1.78. The number of carbonyl (C=O) groups is 2. The van der Waals surface area contributed by atoms with Crippen molar-refractivity contribution in [1.29, 1.82) is 0 Å². The zero-order chi connectivity index (χ0) is 20.5. The summed E-state index contributed by atoms with van der Waals surface area (Å²) < 4.78 is 13.6. The van der Waals surface area contributed by atoms with Crippen molar-refractivity contribution in [3.05, 3.63) is 88.0 Å². The van der Waals surface area contributed by atoms with Crippen LogP contribution >= 0.6 is 0 Å². The van der Waals surface area contributed by atoms with E-state index < -0.39 is 11.7 Å². The molecule has 2 aliphatic rings. The van der Waals surface area contributed by atoms with Gasteiger partial charge in [-0.25, -0.2) is 4.39 Å². The number of ketones is 1. The molecule has 1 aliphatic carbocycles. The summed E-state index contributed by atoms with van der Waals surface area (Å²) in [6.45, 7) is 3.85. The second kappa shape index (κ2) is 7.66. The van der Waals surface area contributed by atoms with Gasteiger partial charge < -0.3 is 10.6 Å². The van der Waals surface area contributed by atoms with Gasteiger partial charge in [0.15, 0.2) is 5.78 Å². The predicted molar refractivity (Wildman–Crippen MR) is 111 cm³/mol. The van der Waals surface area contributed by atoms with Gasteiger partial charge in [0.2, 0.25) is 0 Å². The molecular weight excluding hydrogens is 367 g/mol. The molecule has 0 radical (unpaired) electrons. The van der Waals surface area contributed by atoms with Gasteiger partial charge in [0.05, 0.1) is 0 Å². The number of hydrogen-bond donors (Lipinski definition) is 2. The fourth-order valence-corrected chi connectivity index (χ4v) is 4.14. The lowest BCUT2D eigenvalue weighted by atomic mass is 9.75. The molecule has 1 aliphatic heterocycles. The Morgan fingerprint density at radius 2 is 1.86 bits per heavy atom. The van der Waals surface area contributed by atoms with E-state index >= 15 is 0 Å². The first-order chi connectivity index (χ1) is 13.9. The van der Waals surface area contributed by atoms with E-state index in [9.17, 15) is 14.0 Å². The maximum atomic E-state index is 13.6. The number of benzene rings is 2. The number of dihydropyridines is 1. The molecule has 0 unspecified atom stereocenters. The maximum absolute atomic E-state index is 13.6. The van der Waals surface area contributed by atoms with Gasteiger partial charge in [-0.2, -0.15) is 0 Å². The summed E-state index contributed by atoms with van der Waals surface area (Å²) in [4.78, 5) is 26.1. The van der Waals surface area contributed by atoms with Gasteiger partial charge in [0.1, 0.15) is 5.82 Å². The summed E-state index contributed by atoms with van der Waals surface area (Å²) in [5.74, 6) is -1.12. The second-order valence-electron chi connectivity index (χ2n) is 7.64. The Labute approximate surface area is 169 Å². The SMILES string of the molecule is CC1=C(C(=O)Nc2cccc(F)c2)[C@@H](c2ccc(C)cc2)C2=C(CCCC2=O)N1. The van der Waals surface area contributed by atoms with Gasteiger partial charge in [-0.05, 0) is 50.5 Å². The normalized spacial score (nSPS) is 19.0. The van der Waals surface area contributed by atoms with Gasteiger partial charge in [-0.3, -0.25) is 9.59 Å². The van der Waals surface area contributed by atoms with Crippen molar-refractivity contribution in [2.24, 2.45) is 0 Å². The zero-order valence-corrected chi connectivity index (χ0v) is 16.5. The van der Waals surface area contributed by atoms with Gasteiger partial charge in [0, 0.05) is 40.6 Å². The van der Waals surface area contributed by atoms with Crippen LogP contribution in [0.15, 0.2) is 71.1 Å². The summed E-state index contributed by atoms with van der Waals surface area (Å²) >= 11 is 0. The third kappa shape index (κ3) is 3.73. The van der Waals surface area contributed by atoms with Crippen LogP contribution in [0.2, 0.25) is 0 Å². The Kier molecular flexibility index (Phi) is 5.05. The highest BCUT2D eigenvalue weighted by atomic mass is 19.1. The van der Waals surface area contributed by atoms with Crippen molar-refractivity contribution >= 4 is 17.4 Å². The third-order valence-corrected chi connectivity index (χ3v) is 5.51. The van der Waals surface area contributed by atoms with E-state index in [1.54, 1.807) is 12.1 Å². The number of Topliss-reactive ketones (excluding diaryl/α,β-unsaturated/α-hetero) is 1. The first kappa shape index (κ1) is 19.1. The average molecular weight is 390 g/mol. The van der Waals surface area contributed by atoms with Crippen LogP contribution in [0.5, 0.6) is 0 Å². The summed E-state index contributed by atoms with van der Waals surface area (Å²) in [5, 5.41) is 6.09. The maximum Gasteiger partial charge on any atom is 0.254 e. The molecule has 0 aromatic heterocycles. The quantitative estimate of drug-likeness (QED) is 0.796. The number of amides is 1. The summed E-state index contributed by atoms with van der Waals surface area (Å²) in [6.07, 6.45) is 2.09. The van der Waals surface area contributed by atoms with Crippen molar-refractivity contribution < 1.29 is 14.0 Å². The lowest BCUT2D eigenvalue weighted by Gasteiger charge is -2.34. The predicted octanol–water partition coefficient (Wildman–Crippen LogP) is 4.74. The molecule has 1 atom stereocenters. The molecular formula is C24H23FN2O2. The van der Waals surface area contributed by atoms with Crippen LogP contribution < -0.4 is 10.6 Å². The van der Waals surface area contributed by atoms with E-state index in [0.29, 0.717) is 23.3 Å². The van der Waals surface area contributed by atoms with E-state index in [4.69, 9.17) is 0 Å². The van der Waals surface area contributed by atoms with Crippen LogP contribution in [-0.2, 0) is 9.59 Å². The number of rotatable bonds is 3. The van der Waals surface area contributed by atoms with Gasteiger partial charge in [-0.1, -0.05) is 35.9 Å². The molecule has 2 aromatic rings. The summed E-state index contributed by atoms with van der Waals surface area (Å²) in [6, 6.07) is 13.7. The molecule has 0 saturated carbocycles. The van der Waals surface area contributed by atoms with E-state index in [1.807, 2.05) is 38.1 Å². The van der Waals surface area contributed by atoms with Crippen LogP contribution in [0, 0.1) is 12.7 Å². The number of allylic oxidation sites excluding steroid dienone is 3. The molecule has 4 nitrogen and oxygen atoms in total. The number of carbonyl (C=O) groups excluding carboxylic acids is 2. The Morgan fingerprint density at radius 1 is 1.10 bits per heavy atom. The molecule has 148 valence electrons. The number of halogens is 1. The van der Waals surface area contributed by atoms with Crippen molar-refractivity contribution in [2.45, 2.75) is 39.0 Å². The van der Waals surface area contributed by atoms with E-state index in [2.05, 4.69) is 10.6 Å². The highest BCUT2D eigenvalue weighted by Gasteiger charge is 2.38. The van der Waals surface area contributed by atoms with E-state index in [1.165, 1.54) is 12.1 Å². The molecule has 0 spiro atoms. The van der Waals surface area contributed by atoms with Crippen molar-refractivity contribution in [3.63, 3.8) is 0 Å². The average Bonchev–Trinajstić information content (AvgIpc) is 2.67. The number of anilines is 1. The number of aryl methyl sites for hydroxylation is 1. The fraction of sp³-hybridized carbons (Fsp3) is 0.250. The molecule has 2 N–H and O–H groups in total. The Bertz CT molecular complexity index is 1050. The molecule has 2 aromatic carbocycles. The molecule has 29 heavy (non-hydrogen) atoms. The molecule has 0 fully saturated rings. The summed E-state index contributed by atoms with van der Waals surface area (Å²) in [7, 11) is 0. The second-order valence-corrected chi connectivity index (χ2v) is 7.64. The minimum Gasteiger partial charge on any atom is -0.362 e. The largest absolute Gasteiger partial charge is 0.362 e. The molecule has 5 heteroatoms. The van der Waals surface area contributed by atoms with Crippen LogP contribution in [0.3, 0.4) is 0 Å². The van der Waals surface area contributed by atoms with Gasteiger partial charge >= 0.3 is 0 Å². The molecule has 1 amide bonds. The first-order valence-electron chi connectivity index (χ1n) is 9.81. The smallest absolute Gasteiger partial charge is 0.254 e.